The zero-order valence-electron chi connectivity index (χ0n) is 17.0. The van der Waals surface area contributed by atoms with E-state index >= 15 is 0 Å². The predicted molar refractivity (Wildman–Crippen MR) is 123 cm³/mol. The molecule has 1 aliphatic rings. The topological polar surface area (TPSA) is 66.8 Å². The SMILES string of the molecule is COc1cccc(N2C(=O)C(=O)/C(=C(/O)c3ccc(Br)cc3)C2c2ccccc2C)c1. The van der Waals surface area contributed by atoms with Gasteiger partial charge in [0.2, 0.25) is 0 Å². The zero-order chi connectivity index (χ0) is 22.1. The number of methoxy groups -OCH3 is 1. The van der Waals surface area contributed by atoms with Crippen molar-refractivity contribution < 1.29 is 19.4 Å². The molecule has 5 nitrogen and oxygen atoms in total. The molecule has 0 saturated carbocycles. The Bertz CT molecular complexity index is 1200. The summed E-state index contributed by atoms with van der Waals surface area (Å²) in [7, 11) is 1.54. The van der Waals surface area contributed by atoms with Gasteiger partial charge < -0.3 is 9.84 Å². The first-order valence-corrected chi connectivity index (χ1v) is 10.5. The lowest BCUT2D eigenvalue weighted by Crippen LogP contribution is -2.29. The quantitative estimate of drug-likeness (QED) is 0.310. The number of benzene rings is 3. The fourth-order valence-electron chi connectivity index (χ4n) is 3.81. The number of rotatable bonds is 4. The molecule has 0 bridgehead atoms. The first-order valence-electron chi connectivity index (χ1n) is 9.69. The number of carbonyl (C=O) groups is 2. The van der Waals surface area contributed by atoms with Gasteiger partial charge >= 0.3 is 0 Å². The second kappa shape index (κ2) is 8.40. The van der Waals surface area contributed by atoms with Crippen molar-refractivity contribution in [1.29, 1.82) is 0 Å². The Kier molecular flexibility index (Phi) is 5.65. The van der Waals surface area contributed by atoms with Crippen LogP contribution in [0.2, 0.25) is 0 Å². The summed E-state index contributed by atoms with van der Waals surface area (Å²) in [5, 5.41) is 11.1. The first-order chi connectivity index (χ1) is 14.9. The number of aliphatic hydroxyl groups excluding tert-OH is 1. The van der Waals surface area contributed by atoms with Crippen LogP contribution in [-0.4, -0.2) is 23.9 Å². The molecule has 1 unspecified atom stereocenters. The summed E-state index contributed by atoms with van der Waals surface area (Å²) in [5.41, 5.74) is 2.71. The fraction of sp³-hybridized carbons (Fsp3) is 0.120. The third-order valence-corrected chi connectivity index (χ3v) is 5.91. The summed E-state index contributed by atoms with van der Waals surface area (Å²) >= 11 is 3.37. The molecule has 6 heteroatoms. The maximum absolute atomic E-state index is 13.2. The maximum atomic E-state index is 13.2. The molecular weight excluding hydrogens is 458 g/mol. The van der Waals surface area contributed by atoms with E-state index in [0.29, 0.717) is 17.0 Å². The number of nitrogens with zero attached hydrogens (tertiary/aromatic N) is 1. The number of hydrogen-bond acceptors (Lipinski definition) is 4. The van der Waals surface area contributed by atoms with Gasteiger partial charge in [-0.25, -0.2) is 0 Å². The van der Waals surface area contributed by atoms with Gasteiger partial charge in [0.1, 0.15) is 11.5 Å². The van der Waals surface area contributed by atoms with Crippen LogP contribution in [0, 0.1) is 6.92 Å². The van der Waals surface area contributed by atoms with Gasteiger partial charge in [-0.15, -0.1) is 0 Å². The van der Waals surface area contributed by atoms with Crippen LogP contribution >= 0.6 is 15.9 Å². The Morgan fingerprint density at radius 3 is 2.39 bits per heavy atom. The molecule has 1 aliphatic heterocycles. The lowest BCUT2D eigenvalue weighted by Gasteiger charge is -2.27. The molecule has 156 valence electrons. The summed E-state index contributed by atoms with van der Waals surface area (Å²) in [6.07, 6.45) is 0. The van der Waals surface area contributed by atoms with Gasteiger partial charge in [-0.1, -0.05) is 58.4 Å². The minimum atomic E-state index is -0.767. The smallest absolute Gasteiger partial charge is 0.300 e. The Labute approximate surface area is 188 Å². The third kappa shape index (κ3) is 3.75. The summed E-state index contributed by atoms with van der Waals surface area (Å²) in [5.74, 6) is -1.06. The number of anilines is 1. The minimum Gasteiger partial charge on any atom is -0.507 e. The van der Waals surface area contributed by atoms with Crippen molar-refractivity contribution in [3.05, 3.63) is 99.5 Å². The molecule has 0 aliphatic carbocycles. The molecule has 3 aromatic rings. The fourth-order valence-corrected chi connectivity index (χ4v) is 4.07. The van der Waals surface area contributed by atoms with E-state index in [-0.39, 0.29) is 11.3 Å². The maximum Gasteiger partial charge on any atom is 0.300 e. The van der Waals surface area contributed by atoms with E-state index in [4.69, 9.17) is 4.74 Å². The molecule has 0 radical (unpaired) electrons. The predicted octanol–water partition coefficient (Wildman–Crippen LogP) is 5.39. The lowest BCUT2D eigenvalue weighted by molar-refractivity contribution is -0.132. The Hall–Kier alpha value is -3.38. The highest BCUT2D eigenvalue weighted by Gasteiger charge is 2.47. The number of amides is 1. The molecule has 1 heterocycles. The average molecular weight is 478 g/mol. The zero-order valence-corrected chi connectivity index (χ0v) is 18.6. The van der Waals surface area contributed by atoms with Gasteiger partial charge in [-0.2, -0.15) is 0 Å². The van der Waals surface area contributed by atoms with Gasteiger partial charge in [0, 0.05) is 21.8 Å². The molecule has 0 aromatic heterocycles. The van der Waals surface area contributed by atoms with Crippen LogP contribution in [0.4, 0.5) is 5.69 Å². The Balaban J connectivity index is 1.97. The molecule has 1 N–H and O–H groups in total. The molecule has 1 fully saturated rings. The standard InChI is InChI=1S/C25H20BrNO4/c1-15-6-3-4-9-20(15)22-21(23(28)16-10-12-17(26)13-11-16)24(29)25(30)27(22)18-7-5-8-19(14-18)31-2/h3-14,22,28H,1-2H3/b23-21+. The van der Waals surface area contributed by atoms with Crippen molar-refractivity contribution in [2.45, 2.75) is 13.0 Å². The molecule has 0 spiro atoms. The highest BCUT2D eigenvalue weighted by molar-refractivity contribution is 9.10. The Morgan fingerprint density at radius 1 is 1.00 bits per heavy atom. The van der Waals surface area contributed by atoms with Crippen LogP contribution in [0.5, 0.6) is 5.75 Å². The van der Waals surface area contributed by atoms with Crippen LogP contribution in [0.3, 0.4) is 0 Å². The van der Waals surface area contributed by atoms with Crippen molar-refractivity contribution in [3.8, 4) is 5.75 Å². The Morgan fingerprint density at radius 2 is 1.71 bits per heavy atom. The van der Waals surface area contributed by atoms with E-state index in [1.54, 1.807) is 55.6 Å². The second-order valence-electron chi connectivity index (χ2n) is 7.23. The molecule has 1 amide bonds. The molecule has 31 heavy (non-hydrogen) atoms. The molecule has 4 rings (SSSR count). The molecule has 1 atom stereocenters. The van der Waals surface area contributed by atoms with Gasteiger partial charge in [-0.05, 0) is 42.3 Å². The number of hydrogen-bond donors (Lipinski definition) is 1. The van der Waals surface area contributed by atoms with Crippen LogP contribution < -0.4 is 9.64 Å². The second-order valence-corrected chi connectivity index (χ2v) is 8.15. The van der Waals surface area contributed by atoms with E-state index in [1.807, 2.05) is 31.2 Å². The number of carbonyl (C=O) groups excluding carboxylic acids is 2. The number of aliphatic hydroxyl groups is 1. The van der Waals surface area contributed by atoms with Crippen LogP contribution in [0.15, 0.2) is 82.8 Å². The number of ether oxygens (including phenoxy) is 1. The highest BCUT2D eigenvalue weighted by atomic mass is 79.9. The average Bonchev–Trinajstić information content (AvgIpc) is 3.04. The monoisotopic (exact) mass is 477 g/mol. The van der Waals surface area contributed by atoms with Crippen molar-refractivity contribution >= 4 is 39.1 Å². The molecular formula is C25H20BrNO4. The summed E-state index contributed by atoms with van der Waals surface area (Å²) < 4.78 is 6.15. The van der Waals surface area contributed by atoms with Crippen molar-refractivity contribution in [3.63, 3.8) is 0 Å². The summed E-state index contributed by atoms with van der Waals surface area (Å²) in [6, 6.07) is 20.7. The summed E-state index contributed by atoms with van der Waals surface area (Å²) in [4.78, 5) is 27.8. The van der Waals surface area contributed by atoms with Gasteiger partial charge in [0.05, 0.1) is 18.7 Å². The normalized spacial score (nSPS) is 17.8. The van der Waals surface area contributed by atoms with Crippen molar-refractivity contribution in [1.82, 2.24) is 0 Å². The van der Waals surface area contributed by atoms with Crippen molar-refractivity contribution in [2.75, 3.05) is 12.0 Å². The lowest BCUT2D eigenvalue weighted by atomic mass is 9.92. The third-order valence-electron chi connectivity index (χ3n) is 5.38. The number of ketones is 1. The van der Waals surface area contributed by atoms with E-state index < -0.39 is 17.7 Å². The van der Waals surface area contributed by atoms with E-state index in [0.717, 1.165) is 15.6 Å². The van der Waals surface area contributed by atoms with Crippen LogP contribution in [0.1, 0.15) is 22.7 Å². The minimum absolute atomic E-state index is 0.0597. The van der Waals surface area contributed by atoms with E-state index in [9.17, 15) is 14.7 Å². The van der Waals surface area contributed by atoms with Crippen LogP contribution in [0.25, 0.3) is 5.76 Å². The largest absolute Gasteiger partial charge is 0.507 e. The number of aryl methyl sites for hydroxylation is 1. The number of Topliss-reactive ketones (excluding diaryl/α,β-unsaturated/α-hetero) is 1. The van der Waals surface area contributed by atoms with Gasteiger partial charge in [-0.3, -0.25) is 14.5 Å². The van der Waals surface area contributed by atoms with Gasteiger partial charge in [0.25, 0.3) is 11.7 Å². The first kappa shape index (κ1) is 20.9. The van der Waals surface area contributed by atoms with Gasteiger partial charge in [0.15, 0.2) is 0 Å². The van der Waals surface area contributed by atoms with Crippen LogP contribution in [-0.2, 0) is 9.59 Å². The molecule has 1 saturated heterocycles. The number of halogens is 1. The summed E-state index contributed by atoms with van der Waals surface area (Å²) in [6.45, 7) is 1.92. The van der Waals surface area contributed by atoms with Crippen molar-refractivity contribution in [2.24, 2.45) is 0 Å². The van der Waals surface area contributed by atoms with E-state index in [1.165, 1.54) is 4.90 Å². The highest BCUT2D eigenvalue weighted by Crippen LogP contribution is 2.43. The molecule has 3 aromatic carbocycles. The van der Waals surface area contributed by atoms with E-state index in [2.05, 4.69) is 15.9 Å².